The largest absolute Gasteiger partial charge is 0.491 e. The molecule has 3 rings (SSSR count). The number of hydrogen-bond donors (Lipinski definition) is 2. The lowest BCUT2D eigenvalue weighted by atomic mass is 9.89. The van der Waals surface area contributed by atoms with Crippen molar-refractivity contribution in [1.29, 1.82) is 0 Å². The van der Waals surface area contributed by atoms with E-state index in [1.54, 1.807) is 11.1 Å². The fourth-order valence-electron chi connectivity index (χ4n) is 3.36. The normalized spacial score (nSPS) is 16.0. The Hall–Kier alpha value is -2.60. The molecule has 1 aromatic heterocycles. The molecule has 2 amide bonds. The summed E-state index contributed by atoms with van der Waals surface area (Å²) >= 11 is 0. The van der Waals surface area contributed by atoms with Gasteiger partial charge in [0.1, 0.15) is 12.4 Å². The number of benzene rings is 1. The lowest BCUT2D eigenvalue weighted by Gasteiger charge is -2.34. The van der Waals surface area contributed by atoms with E-state index in [9.17, 15) is 9.90 Å². The van der Waals surface area contributed by atoms with E-state index in [2.05, 4.69) is 10.3 Å². The van der Waals surface area contributed by atoms with Crippen molar-refractivity contribution in [3.63, 3.8) is 0 Å². The minimum absolute atomic E-state index is 0.0749. The number of nitrogens with one attached hydrogen (secondary N) is 1. The smallest absolute Gasteiger partial charge is 0.317 e. The summed E-state index contributed by atoms with van der Waals surface area (Å²) in [4.78, 5) is 18.3. The van der Waals surface area contributed by atoms with E-state index in [0.717, 1.165) is 24.2 Å². The van der Waals surface area contributed by atoms with Crippen LogP contribution in [0.2, 0.25) is 0 Å². The van der Waals surface area contributed by atoms with Crippen LogP contribution in [0.15, 0.2) is 48.7 Å². The molecule has 2 aromatic rings. The molecule has 0 unspecified atom stereocenters. The first-order valence-electron chi connectivity index (χ1n) is 9.45. The molecule has 1 saturated heterocycles. The van der Waals surface area contributed by atoms with Gasteiger partial charge in [-0.1, -0.05) is 24.3 Å². The molecule has 0 aliphatic carbocycles. The van der Waals surface area contributed by atoms with Crippen molar-refractivity contribution in [2.45, 2.75) is 25.9 Å². The molecule has 2 heterocycles. The average Bonchev–Trinajstić information content (AvgIpc) is 2.72. The maximum absolute atomic E-state index is 12.3. The number of carbonyl (C=O) groups excluding carboxylic acids is 1. The summed E-state index contributed by atoms with van der Waals surface area (Å²) in [5.74, 6) is 0.976. The monoisotopic (exact) mass is 369 g/mol. The van der Waals surface area contributed by atoms with E-state index in [1.165, 1.54) is 0 Å². The fourth-order valence-corrected chi connectivity index (χ4v) is 3.36. The Morgan fingerprint density at radius 2 is 2.00 bits per heavy atom. The first kappa shape index (κ1) is 19.2. The van der Waals surface area contributed by atoms with E-state index < -0.39 is 6.10 Å². The van der Waals surface area contributed by atoms with Gasteiger partial charge < -0.3 is 20.1 Å². The van der Waals surface area contributed by atoms with Gasteiger partial charge in [-0.05, 0) is 49.4 Å². The van der Waals surface area contributed by atoms with Gasteiger partial charge in [-0.15, -0.1) is 0 Å². The van der Waals surface area contributed by atoms with Crippen molar-refractivity contribution in [2.75, 3.05) is 26.2 Å². The zero-order valence-corrected chi connectivity index (χ0v) is 15.7. The van der Waals surface area contributed by atoms with E-state index in [1.807, 2.05) is 49.4 Å². The van der Waals surface area contributed by atoms with E-state index in [0.29, 0.717) is 31.9 Å². The number of para-hydroxylation sites is 1. The standard InChI is InChI=1S/C21H27N3O3/c1-16-6-2-3-8-19(16)27-15-12-23-21(26)24-13-9-17(10-14-24)20(25)18-7-4-5-11-22-18/h2-8,11,17,20,25H,9-10,12-15H2,1H3,(H,23,26)/t20-/m0/s1. The maximum Gasteiger partial charge on any atom is 0.317 e. The molecule has 1 aliphatic rings. The van der Waals surface area contributed by atoms with Gasteiger partial charge in [-0.25, -0.2) is 4.79 Å². The van der Waals surface area contributed by atoms with E-state index in [4.69, 9.17) is 4.74 Å². The van der Waals surface area contributed by atoms with Gasteiger partial charge in [0.2, 0.25) is 0 Å². The Labute approximate surface area is 160 Å². The number of ether oxygens (including phenoxy) is 1. The van der Waals surface area contributed by atoms with Crippen LogP contribution in [0.25, 0.3) is 0 Å². The quantitative estimate of drug-likeness (QED) is 0.768. The number of likely N-dealkylation sites (tertiary alicyclic amines) is 1. The summed E-state index contributed by atoms with van der Waals surface area (Å²) in [6.07, 6.45) is 2.66. The number of rotatable bonds is 6. The van der Waals surface area contributed by atoms with Crippen LogP contribution in [0.5, 0.6) is 5.75 Å². The Morgan fingerprint density at radius 3 is 2.70 bits per heavy atom. The summed E-state index contributed by atoms with van der Waals surface area (Å²) < 4.78 is 5.70. The number of urea groups is 1. The highest BCUT2D eigenvalue weighted by Crippen LogP contribution is 2.29. The lowest BCUT2D eigenvalue weighted by molar-refractivity contribution is 0.0634. The van der Waals surface area contributed by atoms with Crippen molar-refractivity contribution >= 4 is 6.03 Å². The van der Waals surface area contributed by atoms with Crippen LogP contribution in [0.3, 0.4) is 0 Å². The number of amides is 2. The van der Waals surface area contributed by atoms with Crippen molar-refractivity contribution < 1.29 is 14.6 Å². The first-order chi connectivity index (χ1) is 13.1. The SMILES string of the molecule is Cc1ccccc1OCCNC(=O)N1CCC([C@H](O)c2ccccn2)CC1. The van der Waals surface area contributed by atoms with Gasteiger partial charge in [-0.3, -0.25) is 4.98 Å². The lowest BCUT2D eigenvalue weighted by Crippen LogP contribution is -2.46. The Balaban J connectivity index is 1.38. The number of aliphatic hydroxyl groups excluding tert-OH is 1. The molecule has 0 saturated carbocycles. The third kappa shape index (κ3) is 5.20. The molecule has 1 fully saturated rings. The molecule has 1 atom stereocenters. The summed E-state index contributed by atoms with van der Waals surface area (Å²) in [5.41, 5.74) is 1.78. The molecule has 1 aliphatic heterocycles. The second kappa shape index (κ2) is 9.37. The van der Waals surface area contributed by atoms with Crippen molar-refractivity contribution in [2.24, 2.45) is 5.92 Å². The summed E-state index contributed by atoms with van der Waals surface area (Å²) in [7, 11) is 0. The molecule has 0 radical (unpaired) electrons. The molecular formula is C21H27N3O3. The van der Waals surface area contributed by atoms with Crippen LogP contribution in [-0.2, 0) is 0 Å². The van der Waals surface area contributed by atoms with Gasteiger partial charge in [0.15, 0.2) is 0 Å². The highest BCUT2D eigenvalue weighted by molar-refractivity contribution is 5.74. The van der Waals surface area contributed by atoms with Crippen LogP contribution in [0.4, 0.5) is 4.79 Å². The zero-order chi connectivity index (χ0) is 19.1. The number of nitrogens with zero attached hydrogens (tertiary/aromatic N) is 2. The molecule has 0 spiro atoms. The molecule has 2 N–H and O–H groups in total. The fraction of sp³-hybridized carbons (Fsp3) is 0.429. The van der Waals surface area contributed by atoms with Gasteiger partial charge in [0.05, 0.1) is 18.3 Å². The van der Waals surface area contributed by atoms with Gasteiger partial charge in [-0.2, -0.15) is 0 Å². The second-order valence-electron chi connectivity index (χ2n) is 6.87. The first-order valence-corrected chi connectivity index (χ1v) is 9.45. The van der Waals surface area contributed by atoms with Crippen LogP contribution < -0.4 is 10.1 Å². The number of carbonyl (C=O) groups is 1. The topological polar surface area (TPSA) is 74.7 Å². The predicted molar refractivity (Wildman–Crippen MR) is 104 cm³/mol. The third-order valence-electron chi connectivity index (χ3n) is 4.99. The molecular weight excluding hydrogens is 342 g/mol. The van der Waals surface area contributed by atoms with Crippen molar-refractivity contribution in [1.82, 2.24) is 15.2 Å². The number of pyridine rings is 1. The minimum atomic E-state index is -0.570. The molecule has 0 bridgehead atoms. The molecule has 144 valence electrons. The summed E-state index contributed by atoms with van der Waals surface area (Å²) in [5, 5.41) is 13.4. The van der Waals surface area contributed by atoms with Crippen molar-refractivity contribution in [3.05, 3.63) is 59.9 Å². The van der Waals surface area contributed by atoms with Crippen LogP contribution in [0, 0.1) is 12.8 Å². The number of hydrogen-bond acceptors (Lipinski definition) is 4. The van der Waals surface area contributed by atoms with Crippen LogP contribution >= 0.6 is 0 Å². The summed E-state index contributed by atoms with van der Waals surface area (Å²) in [6.45, 7) is 4.17. The predicted octanol–water partition coefficient (Wildman–Crippen LogP) is 2.92. The zero-order valence-electron chi connectivity index (χ0n) is 15.7. The molecule has 27 heavy (non-hydrogen) atoms. The van der Waals surface area contributed by atoms with Crippen molar-refractivity contribution in [3.8, 4) is 5.75 Å². The molecule has 6 heteroatoms. The van der Waals surface area contributed by atoms with E-state index in [-0.39, 0.29) is 11.9 Å². The number of aromatic nitrogens is 1. The Morgan fingerprint density at radius 1 is 1.26 bits per heavy atom. The number of piperidine rings is 1. The van der Waals surface area contributed by atoms with Gasteiger partial charge in [0, 0.05) is 19.3 Å². The Bertz CT molecular complexity index is 730. The van der Waals surface area contributed by atoms with E-state index >= 15 is 0 Å². The van der Waals surface area contributed by atoms with Gasteiger partial charge in [0.25, 0.3) is 0 Å². The second-order valence-corrected chi connectivity index (χ2v) is 6.87. The Kier molecular flexibility index (Phi) is 6.65. The maximum atomic E-state index is 12.3. The number of aliphatic hydroxyl groups is 1. The summed E-state index contributed by atoms with van der Waals surface area (Å²) in [6, 6.07) is 13.3. The van der Waals surface area contributed by atoms with Crippen LogP contribution in [0.1, 0.15) is 30.2 Å². The highest BCUT2D eigenvalue weighted by Gasteiger charge is 2.28. The van der Waals surface area contributed by atoms with Gasteiger partial charge >= 0.3 is 6.03 Å². The molecule has 1 aromatic carbocycles. The molecule has 6 nitrogen and oxygen atoms in total. The highest BCUT2D eigenvalue weighted by atomic mass is 16.5. The average molecular weight is 369 g/mol. The van der Waals surface area contributed by atoms with Crippen LogP contribution in [-0.4, -0.2) is 47.3 Å². The third-order valence-corrected chi connectivity index (χ3v) is 4.99. The number of aryl methyl sites for hydroxylation is 1. The minimum Gasteiger partial charge on any atom is -0.491 e.